The molecule has 1 aromatic carbocycles. The maximum Gasteiger partial charge on any atom is 0.259 e. The molecule has 0 saturated heterocycles. The molecule has 3 rings (SSSR count). The molecule has 0 saturated carbocycles. The predicted octanol–water partition coefficient (Wildman–Crippen LogP) is 1.79. The van der Waals surface area contributed by atoms with E-state index in [1.165, 1.54) is 23.7 Å². The van der Waals surface area contributed by atoms with Gasteiger partial charge in [-0.05, 0) is 24.3 Å². The van der Waals surface area contributed by atoms with E-state index in [2.05, 4.69) is 15.3 Å². The second-order valence-electron chi connectivity index (χ2n) is 4.54. The SMILES string of the molecule is N#Cc1cccc(C(=O)NCc2cc3c(=O)[nH]cnc3s2)c1. The number of benzene rings is 1. The first-order valence-electron chi connectivity index (χ1n) is 6.42. The van der Waals surface area contributed by atoms with E-state index in [1.54, 1.807) is 24.3 Å². The van der Waals surface area contributed by atoms with Crippen molar-refractivity contribution in [2.45, 2.75) is 6.54 Å². The summed E-state index contributed by atoms with van der Waals surface area (Å²) in [6, 6.07) is 10.2. The molecule has 0 unspecified atom stereocenters. The molecule has 2 aromatic heterocycles. The van der Waals surface area contributed by atoms with Gasteiger partial charge < -0.3 is 10.3 Å². The van der Waals surface area contributed by atoms with Crippen LogP contribution in [-0.2, 0) is 6.54 Å². The van der Waals surface area contributed by atoms with Crippen molar-refractivity contribution in [1.82, 2.24) is 15.3 Å². The molecule has 0 aliphatic rings. The Kier molecular flexibility index (Phi) is 3.68. The van der Waals surface area contributed by atoms with Crippen LogP contribution >= 0.6 is 11.3 Å². The highest BCUT2D eigenvalue weighted by atomic mass is 32.1. The molecule has 0 bridgehead atoms. The summed E-state index contributed by atoms with van der Waals surface area (Å²) in [6.45, 7) is 0.302. The summed E-state index contributed by atoms with van der Waals surface area (Å²) in [6.07, 6.45) is 1.36. The smallest absolute Gasteiger partial charge is 0.259 e. The van der Waals surface area contributed by atoms with Crippen molar-refractivity contribution < 1.29 is 4.79 Å². The second-order valence-corrected chi connectivity index (χ2v) is 5.65. The Labute approximate surface area is 129 Å². The highest BCUT2D eigenvalue weighted by Gasteiger charge is 2.09. The Balaban J connectivity index is 1.76. The Morgan fingerprint density at radius 3 is 3.05 bits per heavy atom. The van der Waals surface area contributed by atoms with Gasteiger partial charge in [-0.3, -0.25) is 9.59 Å². The Morgan fingerprint density at radius 1 is 1.41 bits per heavy atom. The van der Waals surface area contributed by atoms with Crippen LogP contribution in [0.5, 0.6) is 0 Å². The summed E-state index contributed by atoms with van der Waals surface area (Å²) in [7, 11) is 0. The van der Waals surface area contributed by atoms with Gasteiger partial charge in [-0.15, -0.1) is 11.3 Å². The standard InChI is InChI=1S/C15H10N4O2S/c16-6-9-2-1-3-10(4-9)13(20)17-7-11-5-12-14(21)18-8-19-15(12)22-11/h1-5,8H,7H2,(H,17,20)(H,18,19,21). The summed E-state index contributed by atoms with van der Waals surface area (Å²) >= 11 is 1.36. The average Bonchev–Trinajstić information content (AvgIpc) is 2.97. The van der Waals surface area contributed by atoms with Gasteiger partial charge in [-0.25, -0.2) is 4.98 Å². The number of hydrogen-bond acceptors (Lipinski definition) is 5. The van der Waals surface area contributed by atoms with E-state index >= 15 is 0 Å². The lowest BCUT2D eigenvalue weighted by molar-refractivity contribution is 0.0951. The zero-order valence-corrected chi connectivity index (χ0v) is 12.1. The minimum atomic E-state index is -0.267. The van der Waals surface area contributed by atoms with Crippen molar-refractivity contribution in [3.63, 3.8) is 0 Å². The molecule has 0 aliphatic heterocycles. The third-order valence-corrected chi connectivity index (χ3v) is 4.11. The molecule has 1 amide bonds. The van der Waals surface area contributed by atoms with Crippen LogP contribution in [0.4, 0.5) is 0 Å². The van der Waals surface area contributed by atoms with Crippen LogP contribution in [0.3, 0.4) is 0 Å². The minimum absolute atomic E-state index is 0.194. The number of H-pyrrole nitrogens is 1. The van der Waals surface area contributed by atoms with E-state index in [1.807, 2.05) is 6.07 Å². The van der Waals surface area contributed by atoms with Crippen molar-refractivity contribution >= 4 is 27.5 Å². The van der Waals surface area contributed by atoms with Crippen molar-refractivity contribution in [2.75, 3.05) is 0 Å². The molecule has 0 radical (unpaired) electrons. The van der Waals surface area contributed by atoms with E-state index in [-0.39, 0.29) is 11.5 Å². The van der Waals surface area contributed by atoms with Gasteiger partial charge in [0.25, 0.3) is 11.5 Å². The Hall–Kier alpha value is -2.98. The molecule has 0 fully saturated rings. The van der Waals surface area contributed by atoms with Gasteiger partial charge in [0.2, 0.25) is 0 Å². The molecular weight excluding hydrogens is 300 g/mol. The molecule has 6 nitrogen and oxygen atoms in total. The maximum absolute atomic E-state index is 12.1. The highest BCUT2D eigenvalue weighted by molar-refractivity contribution is 7.18. The summed E-state index contributed by atoms with van der Waals surface area (Å²) in [5, 5.41) is 12.1. The molecule has 0 spiro atoms. The summed E-state index contributed by atoms with van der Waals surface area (Å²) in [4.78, 5) is 31.8. The summed E-state index contributed by atoms with van der Waals surface area (Å²) in [5.41, 5.74) is 0.668. The number of aromatic amines is 1. The first kappa shape index (κ1) is 14.0. The number of carbonyl (C=O) groups excluding carboxylic acids is 1. The predicted molar refractivity (Wildman–Crippen MR) is 82.6 cm³/mol. The van der Waals surface area contributed by atoms with Crippen LogP contribution in [0.1, 0.15) is 20.8 Å². The third-order valence-electron chi connectivity index (χ3n) is 3.06. The Morgan fingerprint density at radius 2 is 2.27 bits per heavy atom. The first-order valence-corrected chi connectivity index (χ1v) is 7.23. The molecule has 3 aromatic rings. The van der Waals surface area contributed by atoms with Gasteiger partial charge >= 0.3 is 0 Å². The normalized spacial score (nSPS) is 10.3. The number of rotatable bonds is 3. The number of nitrogens with one attached hydrogen (secondary N) is 2. The van der Waals surface area contributed by atoms with Crippen LogP contribution < -0.4 is 10.9 Å². The number of carbonyl (C=O) groups is 1. The fourth-order valence-corrected chi connectivity index (χ4v) is 2.94. The van der Waals surface area contributed by atoms with Crippen molar-refractivity contribution in [2.24, 2.45) is 0 Å². The van der Waals surface area contributed by atoms with E-state index < -0.39 is 0 Å². The molecule has 108 valence electrons. The van der Waals surface area contributed by atoms with Crippen LogP contribution in [0.2, 0.25) is 0 Å². The minimum Gasteiger partial charge on any atom is -0.347 e. The molecule has 7 heteroatoms. The van der Waals surface area contributed by atoms with Gasteiger partial charge in [-0.1, -0.05) is 6.07 Å². The Bertz CT molecular complexity index is 952. The first-order chi connectivity index (χ1) is 10.7. The lowest BCUT2D eigenvalue weighted by atomic mass is 10.1. The molecular formula is C15H10N4O2S. The lowest BCUT2D eigenvalue weighted by Gasteiger charge is -2.03. The number of fused-ring (bicyclic) bond motifs is 1. The van der Waals surface area contributed by atoms with Crippen LogP contribution in [0.15, 0.2) is 41.5 Å². The molecule has 0 atom stereocenters. The van der Waals surface area contributed by atoms with Crippen LogP contribution in [0.25, 0.3) is 10.2 Å². The fraction of sp³-hybridized carbons (Fsp3) is 0.0667. The van der Waals surface area contributed by atoms with Crippen molar-refractivity contribution in [3.05, 3.63) is 63.0 Å². The number of nitriles is 1. The zero-order valence-electron chi connectivity index (χ0n) is 11.3. The number of thiophene rings is 1. The molecule has 2 heterocycles. The van der Waals surface area contributed by atoms with Gasteiger partial charge in [-0.2, -0.15) is 5.26 Å². The van der Waals surface area contributed by atoms with Gasteiger partial charge in [0, 0.05) is 10.4 Å². The summed E-state index contributed by atoms with van der Waals surface area (Å²) in [5.74, 6) is -0.267. The third kappa shape index (κ3) is 2.73. The molecule has 0 aliphatic carbocycles. The van der Waals surface area contributed by atoms with Gasteiger partial charge in [0.05, 0.1) is 29.9 Å². The van der Waals surface area contributed by atoms with E-state index in [0.717, 1.165) is 4.88 Å². The largest absolute Gasteiger partial charge is 0.347 e. The van der Waals surface area contributed by atoms with E-state index in [4.69, 9.17) is 5.26 Å². The number of amides is 1. The highest BCUT2D eigenvalue weighted by Crippen LogP contribution is 2.20. The average molecular weight is 310 g/mol. The monoisotopic (exact) mass is 310 g/mol. The zero-order chi connectivity index (χ0) is 15.5. The number of hydrogen-bond donors (Lipinski definition) is 2. The fourth-order valence-electron chi connectivity index (χ4n) is 2.00. The van der Waals surface area contributed by atoms with E-state index in [0.29, 0.717) is 27.9 Å². The van der Waals surface area contributed by atoms with Gasteiger partial charge in [0.1, 0.15) is 4.83 Å². The number of nitrogens with zero attached hydrogens (tertiary/aromatic N) is 2. The van der Waals surface area contributed by atoms with Crippen molar-refractivity contribution in [1.29, 1.82) is 5.26 Å². The quantitative estimate of drug-likeness (QED) is 0.770. The topological polar surface area (TPSA) is 98.6 Å². The number of aromatic nitrogens is 2. The molecule has 2 N–H and O–H groups in total. The van der Waals surface area contributed by atoms with Crippen LogP contribution in [0, 0.1) is 11.3 Å². The maximum atomic E-state index is 12.1. The molecule has 22 heavy (non-hydrogen) atoms. The van der Waals surface area contributed by atoms with Gasteiger partial charge in [0.15, 0.2) is 0 Å². The van der Waals surface area contributed by atoms with E-state index in [9.17, 15) is 9.59 Å². The van der Waals surface area contributed by atoms with Crippen molar-refractivity contribution in [3.8, 4) is 6.07 Å². The second kappa shape index (κ2) is 5.79. The summed E-state index contributed by atoms with van der Waals surface area (Å²) < 4.78 is 0. The lowest BCUT2D eigenvalue weighted by Crippen LogP contribution is -2.22. The van der Waals surface area contributed by atoms with Crippen LogP contribution in [-0.4, -0.2) is 15.9 Å².